The number of hydrogen-bond acceptors (Lipinski definition) is 0. The Morgan fingerprint density at radius 2 is 0.906 bits per heavy atom. The van der Waals surface area contributed by atoms with Gasteiger partial charge in [0.1, 0.15) is 0 Å². The molecule has 0 saturated heterocycles. The summed E-state index contributed by atoms with van der Waals surface area (Å²) in [5.41, 5.74) is 3.40. The van der Waals surface area contributed by atoms with Gasteiger partial charge in [-0.25, -0.2) is 0 Å². The standard InChI is InChI=1S/2C13H15.C3H6.2ClH.Zr/c2*1-13(2,3)12-9-8-10-6-4-5-7-11(10)12;1-3-2;;;/h2*4-9H,1-3H3;1-2H3;2*1H;/q2*-1;;;;+2. The minimum absolute atomic E-state index is 0. The third kappa shape index (κ3) is 8.74. The van der Waals surface area contributed by atoms with Crippen molar-refractivity contribution in [2.24, 2.45) is 0 Å². The Morgan fingerprint density at radius 1 is 0.625 bits per heavy atom. The summed E-state index contributed by atoms with van der Waals surface area (Å²) >= 11 is 1.55. The van der Waals surface area contributed by atoms with Crippen LogP contribution in [0, 0.1) is 0 Å². The molecule has 0 radical (unpaired) electrons. The molecule has 0 aliphatic rings. The molecule has 0 fully saturated rings. The average molecular weight is 549 g/mol. The Hall–Kier alpha value is -1.01. The Bertz CT molecular complexity index is 1010. The number of hydrogen-bond donors (Lipinski definition) is 0. The molecule has 32 heavy (non-hydrogen) atoms. The topological polar surface area (TPSA) is 0 Å². The van der Waals surface area contributed by atoms with Crippen LogP contribution in [0.1, 0.15) is 66.5 Å². The molecule has 4 aromatic carbocycles. The number of halogens is 2. The van der Waals surface area contributed by atoms with Crippen LogP contribution in [0.3, 0.4) is 0 Å². The van der Waals surface area contributed by atoms with Crippen LogP contribution in [0.25, 0.3) is 21.5 Å². The van der Waals surface area contributed by atoms with Crippen LogP contribution >= 0.6 is 24.8 Å². The van der Waals surface area contributed by atoms with Gasteiger partial charge < -0.3 is 0 Å². The van der Waals surface area contributed by atoms with E-state index in [0.29, 0.717) is 0 Å². The normalized spacial score (nSPS) is 10.8. The SMILES string of the molecule is CC(C)(C)c1c[cH-]c2ccccc12.CC(C)(C)c1c[cH-]c2ccccc12.C[C](C)=[Zr+2].Cl.Cl. The van der Waals surface area contributed by atoms with Gasteiger partial charge in [-0.05, 0) is 0 Å². The molecule has 0 bridgehead atoms. The largest absolute Gasteiger partial charge is 0.147 e. The number of rotatable bonds is 0. The average Bonchev–Trinajstić information content (AvgIpc) is 3.25. The summed E-state index contributed by atoms with van der Waals surface area (Å²) < 4.78 is 1.51. The van der Waals surface area contributed by atoms with Crippen molar-refractivity contribution in [2.45, 2.75) is 66.2 Å². The quantitative estimate of drug-likeness (QED) is 0.192. The van der Waals surface area contributed by atoms with Gasteiger partial charge in [0, 0.05) is 0 Å². The molecule has 0 aliphatic heterocycles. The molecule has 4 rings (SSSR count). The van der Waals surface area contributed by atoms with Crippen molar-refractivity contribution in [2.75, 3.05) is 0 Å². The molecule has 0 saturated carbocycles. The van der Waals surface area contributed by atoms with Crippen LogP contribution in [0.15, 0.2) is 72.8 Å². The van der Waals surface area contributed by atoms with Crippen molar-refractivity contribution >= 4 is 49.6 Å². The Kier molecular flexibility index (Phi) is 12.6. The van der Waals surface area contributed by atoms with E-state index >= 15 is 0 Å². The van der Waals surface area contributed by atoms with E-state index in [2.05, 4.69) is 128 Å². The first kappa shape index (κ1) is 31.0. The number of fused-ring (bicyclic) bond motifs is 2. The summed E-state index contributed by atoms with van der Waals surface area (Å²) in [6, 6.07) is 26.0. The van der Waals surface area contributed by atoms with E-state index in [0.717, 1.165) is 0 Å². The summed E-state index contributed by atoms with van der Waals surface area (Å²) in [6.07, 6.45) is 0. The molecule has 0 N–H and O–H groups in total. The van der Waals surface area contributed by atoms with E-state index < -0.39 is 0 Å². The summed E-state index contributed by atoms with van der Waals surface area (Å²) in [7, 11) is 0. The van der Waals surface area contributed by atoms with Crippen LogP contribution in [0.5, 0.6) is 0 Å². The van der Waals surface area contributed by atoms with Crippen LogP contribution in [-0.4, -0.2) is 3.21 Å². The minimum Gasteiger partial charge on any atom is -0.147 e. The van der Waals surface area contributed by atoms with Gasteiger partial charge in [0.05, 0.1) is 0 Å². The van der Waals surface area contributed by atoms with Gasteiger partial charge in [-0.15, -0.1) is 118 Å². The fraction of sp³-hybridized carbons (Fsp3) is 0.345. The van der Waals surface area contributed by atoms with Crippen LogP contribution in [0.4, 0.5) is 0 Å². The second-order valence-corrected chi connectivity index (χ2v) is 12.6. The molecule has 0 amide bonds. The van der Waals surface area contributed by atoms with Crippen LogP contribution in [0.2, 0.25) is 0 Å². The van der Waals surface area contributed by atoms with Crippen molar-refractivity contribution in [3.63, 3.8) is 0 Å². The van der Waals surface area contributed by atoms with Crippen LogP contribution in [-0.2, 0) is 35.1 Å². The Morgan fingerprint density at radius 3 is 1.19 bits per heavy atom. The smallest absolute Gasteiger partial charge is 0.147 e. The van der Waals surface area contributed by atoms with E-state index in [1.54, 1.807) is 24.2 Å². The maximum atomic E-state index is 2.26. The first-order valence-electron chi connectivity index (χ1n) is 10.7. The molecule has 0 heterocycles. The minimum atomic E-state index is 0. The summed E-state index contributed by atoms with van der Waals surface area (Å²) in [5.74, 6) is 0. The number of benzene rings is 2. The van der Waals surface area contributed by atoms with Crippen molar-refractivity contribution in [1.29, 1.82) is 0 Å². The zero-order valence-electron chi connectivity index (χ0n) is 20.7. The monoisotopic (exact) mass is 546 g/mol. The first-order chi connectivity index (χ1) is 13.9. The third-order valence-electron chi connectivity index (χ3n) is 4.98. The molecule has 3 heteroatoms. The van der Waals surface area contributed by atoms with Crippen molar-refractivity contribution in [3.05, 3.63) is 83.9 Å². The van der Waals surface area contributed by atoms with E-state index in [-0.39, 0.29) is 35.6 Å². The van der Waals surface area contributed by atoms with Gasteiger partial charge in [-0.2, -0.15) is 0 Å². The van der Waals surface area contributed by atoms with Crippen molar-refractivity contribution in [3.8, 4) is 0 Å². The molecule has 0 unspecified atom stereocenters. The molecular weight excluding hydrogens is 510 g/mol. The Balaban J connectivity index is 0.000000490. The molecule has 0 aliphatic carbocycles. The Labute approximate surface area is 222 Å². The van der Waals surface area contributed by atoms with E-state index in [4.69, 9.17) is 0 Å². The predicted octanol–water partition coefficient (Wildman–Crippen LogP) is 9.30. The molecule has 0 atom stereocenters. The molecule has 4 aromatic rings. The van der Waals surface area contributed by atoms with E-state index in [1.807, 2.05) is 0 Å². The maximum Gasteiger partial charge on any atom is -0.147 e. The maximum absolute atomic E-state index is 2.26. The van der Waals surface area contributed by atoms with Gasteiger partial charge in [-0.3, -0.25) is 0 Å². The summed E-state index contributed by atoms with van der Waals surface area (Å²) in [4.78, 5) is 0. The van der Waals surface area contributed by atoms with E-state index in [9.17, 15) is 0 Å². The van der Waals surface area contributed by atoms with Crippen molar-refractivity contribution in [1.82, 2.24) is 0 Å². The first-order valence-corrected chi connectivity index (χ1v) is 12.0. The van der Waals surface area contributed by atoms with Gasteiger partial charge in [-0.1, -0.05) is 64.5 Å². The second kappa shape index (κ2) is 13.0. The predicted molar refractivity (Wildman–Crippen MR) is 147 cm³/mol. The van der Waals surface area contributed by atoms with Gasteiger partial charge >= 0.3 is 41.3 Å². The zero-order valence-corrected chi connectivity index (χ0v) is 24.8. The van der Waals surface area contributed by atoms with Crippen molar-refractivity contribution < 1.29 is 24.2 Å². The molecule has 172 valence electrons. The van der Waals surface area contributed by atoms with Gasteiger partial charge in [0.15, 0.2) is 0 Å². The summed E-state index contributed by atoms with van der Waals surface area (Å²) in [6.45, 7) is 17.8. The molecular formula is C29H38Cl2Zr. The fourth-order valence-electron chi connectivity index (χ4n) is 3.61. The molecule has 0 aromatic heterocycles. The van der Waals surface area contributed by atoms with E-state index in [1.165, 1.54) is 35.9 Å². The second-order valence-electron chi connectivity index (χ2n) is 10.2. The third-order valence-corrected chi connectivity index (χ3v) is 4.98. The fourth-order valence-corrected chi connectivity index (χ4v) is 3.61. The van der Waals surface area contributed by atoms with Crippen LogP contribution < -0.4 is 0 Å². The van der Waals surface area contributed by atoms with Gasteiger partial charge in [0.2, 0.25) is 0 Å². The molecule has 0 spiro atoms. The summed E-state index contributed by atoms with van der Waals surface area (Å²) in [5, 5.41) is 5.50. The molecule has 0 nitrogen and oxygen atoms in total. The van der Waals surface area contributed by atoms with Gasteiger partial charge in [0.25, 0.3) is 0 Å². The zero-order chi connectivity index (χ0) is 22.5.